The standard InChI is InChI=1S/C52H37N3S/c1-7-20-38(21-8-1)53(39-22-9-2-10-23-39)44-34-35-45-46(36-44)52-47(37-49(45)55(42-28-15-5-16-29-42)43-30-17-6-18-31-43)51-48(32-19-33-50(51)56-52)54(40-24-11-3-12-25-40)41-26-13-4-14-27-41/h1-37H. The van der Waals surface area contributed by atoms with Crippen LogP contribution in [0.4, 0.5) is 51.2 Å². The lowest BCUT2D eigenvalue weighted by molar-refractivity contribution is 1.28. The summed E-state index contributed by atoms with van der Waals surface area (Å²) in [6.07, 6.45) is 0. The Labute approximate surface area is 331 Å². The fraction of sp³-hybridized carbons (Fsp3) is 0. The van der Waals surface area contributed by atoms with E-state index < -0.39 is 0 Å². The highest BCUT2D eigenvalue weighted by molar-refractivity contribution is 7.26. The van der Waals surface area contributed by atoms with Gasteiger partial charge < -0.3 is 14.7 Å². The van der Waals surface area contributed by atoms with Crippen molar-refractivity contribution in [1.82, 2.24) is 0 Å². The molecule has 10 aromatic rings. The maximum absolute atomic E-state index is 2.43. The van der Waals surface area contributed by atoms with Crippen LogP contribution in [0.25, 0.3) is 30.9 Å². The zero-order valence-electron chi connectivity index (χ0n) is 30.6. The zero-order chi connectivity index (χ0) is 37.3. The summed E-state index contributed by atoms with van der Waals surface area (Å²) in [6, 6.07) is 80.4. The van der Waals surface area contributed by atoms with Crippen molar-refractivity contribution in [2.75, 3.05) is 14.7 Å². The molecule has 9 aromatic carbocycles. The summed E-state index contributed by atoms with van der Waals surface area (Å²) in [5, 5.41) is 4.85. The van der Waals surface area contributed by atoms with Gasteiger partial charge in [0.05, 0.1) is 11.4 Å². The van der Waals surface area contributed by atoms with E-state index in [0.29, 0.717) is 0 Å². The predicted molar refractivity (Wildman–Crippen MR) is 241 cm³/mol. The number of para-hydroxylation sites is 6. The van der Waals surface area contributed by atoms with Crippen LogP contribution in [0.3, 0.4) is 0 Å². The second kappa shape index (κ2) is 14.6. The maximum Gasteiger partial charge on any atom is 0.0554 e. The van der Waals surface area contributed by atoms with Gasteiger partial charge in [0.1, 0.15) is 0 Å². The summed E-state index contributed by atoms with van der Waals surface area (Å²) in [7, 11) is 0. The number of hydrogen-bond acceptors (Lipinski definition) is 4. The SMILES string of the molecule is c1ccc(N(c2ccccc2)c2ccc3c(N(c4ccccc4)c4ccccc4)cc4c(sc5cccc(N(c6ccccc6)c6ccccc6)c54)c3c2)cc1. The van der Waals surface area contributed by atoms with E-state index in [2.05, 4.69) is 239 Å². The molecule has 0 unspecified atom stereocenters. The fourth-order valence-corrected chi connectivity index (χ4v) is 9.16. The summed E-state index contributed by atoms with van der Waals surface area (Å²) in [5.74, 6) is 0. The van der Waals surface area contributed by atoms with Crippen LogP contribution in [-0.4, -0.2) is 0 Å². The van der Waals surface area contributed by atoms with E-state index in [-0.39, 0.29) is 0 Å². The van der Waals surface area contributed by atoms with Gasteiger partial charge in [-0.1, -0.05) is 121 Å². The molecule has 0 atom stereocenters. The summed E-state index contributed by atoms with van der Waals surface area (Å²) >= 11 is 1.87. The summed E-state index contributed by atoms with van der Waals surface area (Å²) in [6.45, 7) is 0. The van der Waals surface area contributed by atoms with Crippen LogP contribution in [0, 0.1) is 0 Å². The molecule has 0 spiro atoms. The maximum atomic E-state index is 2.43. The molecular weight excluding hydrogens is 699 g/mol. The van der Waals surface area contributed by atoms with E-state index >= 15 is 0 Å². The molecule has 0 aliphatic rings. The van der Waals surface area contributed by atoms with Crippen molar-refractivity contribution in [3.8, 4) is 0 Å². The average molecular weight is 736 g/mol. The number of hydrogen-bond donors (Lipinski definition) is 0. The summed E-state index contributed by atoms with van der Waals surface area (Å²) < 4.78 is 2.50. The molecule has 0 saturated heterocycles. The quantitative estimate of drug-likeness (QED) is 0.146. The zero-order valence-corrected chi connectivity index (χ0v) is 31.4. The number of benzene rings is 9. The molecular formula is C52H37N3S. The Morgan fingerprint density at radius 1 is 0.268 bits per heavy atom. The third-order valence-electron chi connectivity index (χ3n) is 10.4. The number of fused-ring (bicyclic) bond motifs is 5. The highest BCUT2D eigenvalue weighted by Crippen LogP contribution is 2.51. The molecule has 0 bridgehead atoms. The minimum Gasteiger partial charge on any atom is -0.310 e. The van der Waals surface area contributed by atoms with Crippen LogP contribution >= 0.6 is 11.3 Å². The lowest BCUT2D eigenvalue weighted by Crippen LogP contribution is -2.11. The molecule has 1 heterocycles. The molecule has 56 heavy (non-hydrogen) atoms. The lowest BCUT2D eigenvalue weighted by atomic mass is 10.00. The second-order valence-corrected chi connectivity index (χ2v) is 14.8. The third-order valence-corrected chi connectivity index (χ3v) is 11.6. The number of anilines is 9. The molecule has 0 radical (unpaired) electrons. The van der Waals surface area contributed by atoms with Crippen molar-refractivity contribution in [3.63, 3.8) is 0 Å². The molecule has 0 aliphatic heterocycles. The summed E-state index contributed by atoms with van der Waals surface area (Å²) in [5.41, 5.74) is 10.0. The molecule has 10 rings (SSSR count). The van der Waals surface area contributed by atoms with Gasteiger partial charge in [-0.15, -0.1) is 11.3 Å². The first-order valence-electron chi connectivity index (χ1n) is 18.9. The number of nitrogens with zero attached hydrogens (tertiary/aromatic N) is 3. The van der Waals surface area contributed by atoms with Crippen LogP contribution in [0.5, 0.6) is 0 Å². The molecule has 0 amide bonds. The molecule has 0 fully saturated rings. The van der Waals surface area contributed by atoms with E-state index in [1.54, 1.807) is 0 Å². The molecule has 3 nitrogen and oxygen atoms in total. The fourth-order valence-electron chi connectivity index (χ4n) is 7.92. The Morgan fingerprint density at radius 3 is 1.12 bits per heavy atom. The lowest BCUT2D eigenvalue weighted by Gasteiger charge is -2.29. The Balaban J connectivity index is 1.31. The van der Waals surface area contributed by atoms with Gasteiger partial charge in [0.2, 0.25) is 0 Å². The van der Waals surface area contributed by atoms with E-state index in [4.69, 9.17) is 0 Å². The van der Waals surface area contributed by atoms with Crippen LogP contribution in [0.15, 0.2) is 224 Å². The van der Waals surface area contributed by atoms with Gasteiger partial charge in [0.15, 0.2) is 0 Å². The van der Waals surface area contributed by atoms with Crippen LogP contribution in [0.1, 0.15) is 0 Å². The first-order valence-corrected chi connectivity index (χ1v) is 19.8. The van der Waals surface area contributed by atoms with Gasteiger partial charge in [-0.05, 0) is 103 Å². The Hall–Kier alpha value is -7.14. The third kappa shape index (κ3) is 6.03. The molecule has 4 heteroatoms. The van der Waals surface area contributed by atoms with E-state index in [1.165, 1.54) is 30.9 Å². The van der Waals surface area contributed by atoms with Gasteiger partial charge in [0.25, 0.3) is 0 Å². The van der Waals surface area contributed by atoms with Gasteiger partial charge in [0, 0.05) is 70.8 Å². The van der Waals surface area contributed by atoms with Crippen molar-refractivity contribution >= 4 is 93.5 Å². The van der Waals surface area contributed by atoms with E-state index in [1.807, 2.05) is 11.3 Å². The molecule has 0 saturated carbocycles. The molecule has 1 aromatic heterocycles. The van der Waals surface area contributed by atoms with Crippen LogP contribution in [-0.2, 0) is 0 Å². The van der Waals surface area contributed by atoms with Gasteiger partial charge in [-0.3, -0.25) is 0 Å². The highest BCUT2D eigenvalue weighted by atomic mass is 32.1. The highest BCUT2D eigenvalue weighted by Gasteiger charge is 2.24. The average Bonchev–Trinajstić information content (AvgIpc) is 3.66. The first-order chi connectivity index (χ1) is 27.8. The van der Waals surface area contributed by atoms with Crippen molar-refractivity contribution in [2.24, 2.45) is 0 Å². The Bertz CT molecular complexity index is 2780. The Kier molecular flexibility index (Phi) is 8.71. The molecule has 0 aliphatic carbocycles. The van der Waals surface area contributed by atoms with Crippen LogP contribution in [0.2, 0.25) is 0 Å². The topological polar surface area (TPSA) is 9.72 Å². The van der Waals surface area contributed by atoms with Crippen molar-refractivity contribution in [1.29, 1.82) is 0 Å². The van der Waals surface area contributed by atoms with Crippen LogP contribution < -0.4 is 14.7 Å². The molecule has 266 valence electrons. The molecule has 0 N–H and O–H groups in total. The van der Waals surface area contributed by atoms with Crippen molar-refractivity contribution in [3.05, 3.63) is 224 Å². The normalized spacial score (nSPS) is 11.2. The predicted octanol–water partition coefficient (Wildman–Crippen LogP) is 15.6. The monoisotopic (exact) mass is 735 g/mol. The van der Waals surface area contributed by atoms with E-state index in [9.17, 15) is 0 Å². The van der Waals surface area contributed by atoms with Gasteiger partial charge >= 0.3 is 0 Å². The smallest absolute Gasteiger partial charge is 0.0554 e. The first kappa shape index (κ1) is 33.4. The minimum atomic E-state index is 1.10. The van der Waals surface area contributed by atoms with Gasteiger partial charge in [-0.25, -0.2) is 0 Å². The van der Waals surface area contributed by atoms with Gasteiger partial charge in [-0.2, -0.15) is 0 Å². The Morgan fingerprint density at radius 2 is 0.679 bits per heavy atom. The largest absolute Gasteiger partial charge is 0.310 e. The van der Waals surface area contributed by atoms with Crippen molar-refractivity contribution < 1.29 is 0 Å². The number of rotatable bonds is 9. The summed E-state index contributed by atoms with van der Waals surface area (Å²) in [4.78, 5) is 7.16. The number of thiophene rings is 1. The minimum absolute atomic E-state index is 1.10. The van der Waals surface area contributed by atoms with E-state index in [0.717, 1.165) is 51.2 Å². The second-order valence-electron chi connectivity index (χ2n) is 13.8. The van der Waals surface area contributed by atoms with Crippen molar-refractivity contribution in [2.45, 2.75) is 0 Å².